The molecule has 0 aliphatic rings. The maximum absolute atomic E-state index is 12.2. The molecule has 148 valence electrons. The largest absolute Gasteiger partial charge is 0.504 e. The Kier molecular flexibility index (Phi) is 5.41. The van der Waals surface area contributed by atoms with Crippen molar-refractivity contribution < 1.29 is 24.1 Å². The molecule has 8 heteroatoms. The molecule has 0 amide bonds. The van der Waals surface area contributed by atoms with Crippen LogP contribution >= 0.6 is 0 Å². The number of aromatic amines is 1. The molecule has 8 nitrogen and oxygen atoms in total. The molecule has 0 unspecified atom stereocenters. The minimum absolute atomic E-state index is 0.0103. The number of aromatic nitrogens is 2. The number of hydrogen-bond donors (Lipinski definition) is 3. The second-order valence-corrected chi connectivity index (χ2v) is 6.57. The van der Waals surface area contributed by atoms with Gasteiger partial charge in [0.05, 0.1) is 12.8 Å². The zero-order chi connectivity index (χ0) is 20.4. The number of phenols is 1. The molecular formula is C20H22N2O6. The van der Waals surface area contributed by atoms with Crippen molar-refractivity contribution in [3.63, 3.8) is 0 Å². The Morgan fingerprint density at radius 1 is 1.21 bits per heavy atom. The minimum Gasteiger partial charge on any atom is -0.504 e. The van der Waals surface area contributed by atoms with Crippen LogP contribution in [0, 0.1) is 0 Å². The summed E-state index contributed by atoms with van der Waals surface area (Å²) in [5.41, 5.74) is 0.842. The summed E-state index contributed by atoms with van der Waals surface area (Å²) in [6.07, 6.45) is 0. The van der Waals surface area contributed by atoms with E-state index in [9.17, 15) is 15.0 Å². The molecule has 2 heterocycles. The first kappa shape index (κ1) is 19.5. The predicted molar refractivity (Wildman–Crippen MR) is 103 cm³/mol. The van der Waals surface area contributed by atoms with Gasteiger partial charge in [-0.05, 0) is 18.2 Å². The van der Waals surface area contributed by atoms with E-state index in [2.05, 4.69) is 9.97 Å². The highest BCUT2D eigenvalue weighted by atomic mass is 16.5. The van der Waals surface area contributed by atoms with Crippen LogP contribution in [0.3, 0.4) is 0 Å². The van der Waals surface area contributed by atoms with Crippen LogP contribution in [0.5, 0.6) is 17.2 Å². The van der Waals surface area contributed by atoms with Crippen LogP contribution in [-0.2, 0) is 11.3 Å². The fourth-order valence-corrected chi connectivity index (χ4v) is 2.78. The Morgan fingerprint density at radius 2 is 1.96 bits per heavy atom. The standard InChI is InChI=1S/C20H22N2O6/c1-10(2)20-21-16(11-5-6-13(23)15(7-11)27-4)17(22-20)19-18(25)14(24)8-12(28-19)9-26-3/h5-8,10,23,25H,9H2,1-4H3,(H,21,22). The maximum atomic E-state index is 12.2. The average molecular weight is 386 g/mol. The lowest BCUT2D eigenvalue weighted by Crippen LogP contribution is -2.04. The zero-order valence-corrected chi connectivity index (χ0v) is 16.1. The van der Waals surface area contributed by atoms with E-state index in [-0.39, 0.29) is 35.5 Å². The number of benzene rings is 1. The molecule has 2 aromatic heterocycles. The molecule has 0 aliphatic heterocycles. The van der Waals surface area contributed by atoms with Gasteiger partial charge >= 0.3 is 0 Å². The first-order valence-electron chi connectivity index (χ1n) is 8.68. The molecule has 3 rings (SSSR count). The molecule has 0 aliphatic carbocycles. The van der Waals surface area contributed by atoms with Crippen molar-refractivity contribution in [2.75, 3.05) is 14.2 Å². The van der Waals surface area contributed by atoms with Crippen LogP contribution in [0.1, 0.15) is 31.4 Å². The molecule has 28 heavy (non-hydrogen) atoms. The topological polar surface area (TPSA) is 118 Å². The van der Waals surface area contributed by atoms with E-state index in [1.54, 1.807) is 12.1 Å². The van der Waals surface area contributed by atoms with Crippen molar-refractivity contribution in [1.29, 1.82) is 0 Å². The Morgan fingerprint density at radius 3 is 2.61 bits per heavy atom. The Bertz CT molecular complexity index is 1050. The number of hydrogen-bond acceptors (Lipinski definition) is 7. The van der Waals surface area contributed by atoms with Crippen molar-refractivity contribution >= 4 is 0 Å². The fourth-order valence-electron chi connectivity index (χ4n) is 2.78. The summed E-state index contributed by atoms with van der Waals surface area (Å²) in [5, 5.41) is 20.2. The number of imidazole rings is 1. The van der Waals surface area contributed by atoms with Crippen LogP contribution in [0.2, 0.25) is 0 Å². The van der Waals surface area contributed by atoms with Gasteiger partial charge in [0.2, 0.25) is 11.2 Å². The van der Waals surface area contributed by atoms with E-state index in [0.29, 0.717) is 22.8 Å². The fraction of sp³-hybridized carbons (Fsp3) is 0.300. The number of ether oxygens (including phenoxy) is 2. The SMILES string of the molecule is COCc1cc(=O)c(O)c(-c2[nH]c(C(C)C)nc2-c2ccc(O)c(OC)c2)o1. The van der Waals surface area contributed by atoms with Crippen molar-refractivity contribution in [2.24, 2.45) is 0 Å². The molecule has 0 spiro atoms. The third kappa shape index (κ3) is 3.59. The van der Waals surface area contributed by atoms with E-state index < -0.39 is 11.2 Å². The van der Waals surface area contributed by atoms with Crippen molar-refractivity contribution in [2.45, 2.75) is 26.4 Å². The monoisotopic (exact) mass is 386 g/mol. The van der Waals surface area contributed by atoms with Gasteiger partial charge in [-0.25, -0.2) is 4.98 Å². The van der Waals surface area contributed by atoms with E-state index in [4.69, 9.17) is 13.9 Å². The predicted octanol–water partition coefficient (Wildman–Crippen LogP) is 3.39. The smallest absolute Gasteiger partial charge is 0.227 e. The van der Waals surface area contributed by atoms with Crippen LogP contribution < -0.4 is 10.2 Å². The van der Waals surface area contributed by atoms with Gasteiger partial charge in [0.1, 0.15) is 23.9 Å². The number of H-pyrrole nitrogens is 1. The van der Waals surface area contributed by atoms with Gasteiger partial charge in [-0.1, -0.05) is 13.8 Å². The van der Waals surface area contributed by atoms with Crippen LogP contribution in [0.25, 0.3) is 22.7 Å². The summed E-state index contributed by atoms with van der Waals surface area (Å²) < 4.78 is 15.9. The summed E-state index contributed by atoms with van der Waals surface area (Å²) >= 11 is 0. The van der Waals surface area contributed by atoms with Gasteiger partial charge in [0.25, 0.3) is 0 Å². The van der Waals surface area contributed by atoms with Gasteiger partial charge in [-0.15, -0.1) is 0 Å². The number of nitrogens with zero attached hydrogens (tertiary/aromatic N) is 1. The van der Waals surface area contributed by atoms with E-state index in [1.165, 1.54) is 26.4 Å². The van der Waals surface area contributed by atoms with Gasteiger partial charge < -0.3 is 29.1 Å². The first-order chi connectivity index (χ1) is 13.3. The summed E-state index contributed by atoms with van der Waals surface area (Å²) in [6.45, 7) is 4.00. The Labute approximate surface area is 161 Å². The third-order valence-corrected chi connectivity index (χ3v) is 4.21. The van der Waals surface area contributed by atoms with Crippen molar-refractivity contribution in [1.82, 2.24) is 9.97 Å². The lowest BCUT2D eigenvalue weighted by atomic mass is 10.1. The molecule has 0 atom stereocenters. The Balaban J connectivity index is 2.26. The zero-order valence-electron chi connectivity index (χ0n) is 16.1. The molecule has 3 aromatic rings. The molecular weight excluding hydrogens is 364 g/mol. The van der Waals surface area contributed by atoms with Crippen LogP contribution in [0.15, 0.2) is 33.5 Å². The number of nitrogens with one attached hydrogen (secondary N) is 1. The van der Waals surface area contributed by atoms with Gasteiger partial charge in [-0.2, -0.15) is 0 Å². The van der Waals surface area contributed by atoms with Gasteiger partial charge in [0.15, 0.2) is 17.3 Å². The number of methoxy groups -OCH3 is 2. The number of aromatic hydroxyl groups is 2. The van der Waals surface area contributed by atoms with E-state index >= 15 is 0 Å². The van der Waals surface area contributed by atoms with E-state index in [1.807, 2.05) is 13.8 Å². The summed E-state index contributed by atoms with van der Waals surface area (Å²) in [4.78, 5) is 19.9. The van der Waals surface area contributed by atoms with Crippen LogP contribution in [0.4, 0.5) is 0 Å². The molecule has 0 radical (unpaired) electrons. The minimum atomic E-state index is -0.580. The summed E-state index contributed by atoms with van der Waals surface area (Å²) in [7, 11) is 2.93. The summed E-state index contributed by atoms with van der Waals surface area (Å²) in [6, 6.07) is 5.95. The van der Waals surface area contributed by atoms with Gasteiger partial charge in [0, 0.05) is 24.7 Å². The lowest BCUT2D eigenvalue weighted by molar-refractivity contribution is 0.162. The van der Waals surface area contributed by atoms with Gasteiger partial charge in [-0.3, -0.25) is 4.79 Å². The van der Waals surface area contributed by atoms with Crippen molar-refractivity contribution in [3.05, 3.63) is 46.1 Å². The van der Waals surface area contributed by atoms with Crippen molar-refractivity contribution in [3.8, 4) is 40.0 Å². The normalized spacial score (nSPS) is 11.2. The highest BCUT2D eigenvalue weighted by Gasteiger charge is 2.23. The van der Waals surface area contributed by atoms with E-state index in [0.717, 1.165) is 0 Å². The lowest BCUT2D eigenvalue weighted by Gasteiger charge is -2.08. The van der Waals surface area contributed by atoms with Crippen LogP contribution in [-0.4, -0.2) is 34.4 Å². The molecule has 0 saturated carbocycles. The quantitative estimate of drug-likeness (QED) is 0.594. The molecule has 0 bridgehead atoms. The Hall–Kier alpha value is -3.26. The molecule has 1 aromatic carbocycles. The highest BCUT2D eigenvalue weighted by molar-refractivity contribution is 5.79. The third-order valence-electron chi connectivity index (χ3n) is 4.21. The molecule has 0 fully saturated rings. The number of phenolic OH excluding ortho intramolecular Hbond substituents is 1. The second-order valence-electron chi connectivity index (χ2n) is 6.57. The maximum Gasteiger partial charge on any atom is 0.227 e. The summed E-state index contributed by atoms with van der Waals surface area (Å²) in [5.74, 6) is 0.695. The molecule has 0 saturated heterocycles. The second kappa shape index (κ2) is 7.77. The highest BCUT2D eigenvalue weighted by Crippen LogP contribution is 2.38. The average Bonchev–Trinajstić information content (AvgIpc) is 3.10. The molecule has 3 N–H and O–H groups in total. The number of rotatable bonds is 6. The first-order valence-corrected chi connectivity index (χ1v) is 8.68.